The normalized spacial score (nSPS) is 12.8. The summed E-state index contributed by atoms with van der Waals surface area (Å²) in [6.45, 7) is 8.57. The van der Waals surface area contributed by atoms with Gasteiger partial charge in [-0.25, -0.2) is 0 Å². The average Bonchev–Trinajstić information content (AvgIpc) is 2.27. The zero-order valence-corrected chi connectivity index (χ0v) is 14.0. The van der Waals surface area contributed by atoms with Crippen molar-refractivity contribution in [3.05, 3.63) is 28.3 Å². The molecule has 110 valence electrons. The minimum atomic E-state index is 0. The minimum Gasteiger partial charge on any atom is -0.495 e. The van der Waals surface area contributed by atoms with Crippen molar-refractivity contribution in [1.29, 1.82) is 0 Å². The molecule has 1 aromatic rings. The van der Waals surface area contributed by atoms with E-state index >= 15 is 0 Å². The maximum atomic E-state index is 6.30. The van der Waals surface area contributed by atoms with Crippen molar-refractivity contribution >= 4 is 24.0 Å². The third-order valence-corrected chi connectivity index (χ3v) is 3.42. The fourth-order valence-corrected chi connectivity index (χ4v) is 2.30. The first-order valence-corrected chi connectivity index (χ1v) is 6.79. The topological polar surface area (TPSA) is 35.2 Å². The highest BCUT2D eigenvalue weighted by atomic mass is 35.5. The Morgan fingerprint density at radius 2 is 1.89 bits per heavy atom. The molecule has 0 aliphatic rings. The number of nitrogens with two attached hydrogens (primary N) is 1. The van der Waals surface area contributed by atoms with Crippen LogP contribution in [-0.4, -0.2) is 13.2 Å². The maximum Gasteiger partial charge on any atom is 0.141 e. The summed E-state index contributed by atoms with van der Waals surface area (Å²) in [5, 5.41) is 0.670. The highest BCUT2D eigenvalue weighted by Crippen LogP contribution is 2.38. The Bertz CT molecular complexity index is 413. The smallest absolute Gasteiger partial charge is 0.141 e. The highest BCUT2D eigenvalue weighted by Gasteiger charge is 2.22. The Kier molecular flexibility index (Phi) is 7.20. The Hall–Kier alpha value is -0.440. The first-order valence-electron chi connectivity index (χ1n) is 6.42. The molecular weight excluding hydrogens is 281 g/mol. The summed E-state index contributed by atoms with van der Waals surface area (Å²) in [4.78, 5) is 0. The Morgan fingerprint density at radius 3 is 2.32 bits per heavy atom. The Morgan fingerprint density at radius 1 is 1.32 bits per heavy atom. The van der Waals surface area contributed by atoms with Crippen LogP contribution in [0.15, 0.2) is 12.1 Å². The zero-order valence-electron chi connectivity index (χ0n) is 12.4. The van der Waals surface area contributed by atoms with Crippen LogP contribution in [0.1, 0.15) is 45.2 Å². The largest absolute Gasteiger partial charge is 0.495 e. The van der Waals surface area contributed by atoms with Gasteiger partial charge in [0.05, 0.1) is 12.1 Å². The molecule has 0 fully saturated rings. The second kappa shape index (κ2) is 7.37. The Labute approximate surface area is 128 Å². The molecule has 2 N–H and O–H groups in total. The van der Waals surface area contributed by atoms with Crippen molar-refractivity contribution in [2.45, 2.75) is 52.0 Å². The molecule has 0 amide bonds. The van der Waals surface area contributed by atoms with E-state index < -0.39 is 0 Å². The molecule has 0 saturated carbocycles. The highest BCUT2D eigenvalue weighted by molar-refractivity contribution is 6.32. The van der Waals surface area contributed by atoms with Gasteiger partial charge in [-0.05, 0) is 29.9 Å². The van der Waals surface area contributed by atoms with E-state index in [-0.39, 0.29) is 23.9 Å². The molecule has 0 aliphatic carbocycles. The first-order chi connectivity index (χ1) is 8.29. The molecule has 0 saturated heterocycles. The molecule has 0 aromatic heterocycles. The molecule has 1 rings (SSSR count). The number of hydrogen-bond donors (Lipinski definition) is 1. The van der Waals surface area contributed by atoms with Gasteiger partial charge in [0, 0.05) is 11.6 Å². The van der Waals surface area contributed by atoms with Crippen LogP contribution in [0.3, 0.4) is 0 Å². The number of hydrogen-bond acceptors (Lipinski definition) is 2. The van der Waals surface area contributed by atoms with Crippen molar-refractivity contribution in [3.63, 3.8) is 0 Å². The molecule has 0 radical (unpaired) electrons. The maximum absolute atomic E-state index is 6.30. The number of benzene rings is 1. The van der Waals surface area contributed by atoms with Crippen molar-refractivity contribution in [2.24, 2.45) is 5.73 Å². The van der Waals surface area contributed by atoms with Crippen LogP contribution >= 0.6 is 24.0 Å². The standard InChI is InChI=1S/C15H24ClNO.ClH/c1-6-11(17)7-10-8-12(15(2,3)4)14(18-5)13(16)9-10;/h8-9,11H,6-7,17H2,1-5H3;1H. The molecule has 0 spiro atoms. The van der Waals surface area contributed by atoms with Crippen LogP contribution < -0.4 is 10.5 Å². The predicted molar refractivity (Wildman–Crippen MR) is 85.9 cm³/mol. The average molecular weight is 306 g/mol. The van der Waals surface area contributed by atoms with E-state index in [1.807, 2.05) is 6.07 Å². The molecule has 0 bridgehead atoms. The quantitative estimate of drug-likeness (QED) is 0.897. The van der Waals surface area contributed by atoms with E-state index in [0.29, 0.717) is 5.02 Å². The SMILES string of the molecule is CCC(N)Cc1cc(Cl)c(OC)c(C(C)(C)C)c1.Cl. The molecule has 1 aromatic carbocycles. The summed E-state index contributed by atoms with van der Waals surface area (Å²) in [6.07, 6.45) is 1.82. The molecule has 19 heavy (non-hydrogen) atoms. The summed E-state index contributed by atoms with van der Waals surface area (Å²) in [5.74, 6) is 0.776. The van der Waals surface area contributed by atoms with Gasteiger partial charge >= 0.3 is 0 Å². The Balaban J connectivity index is 0.00000324. The molecule has 1 atom stereocenters. The third kappa shape index (κ3) is 4.87. The van der Waals surface area contributed by atoms with Crippen molar-refractivity contribution in [2.75, 3.05) is 7.11 Å². The fraction of sp³-hybridized carbons (Fsp3) is 0.600. The van der Waals surface area contributed by atoms with E-state index in [1.54, 1.807) is 7.11 Å². The van der Waals surface area contributed by atoms with Gasteiger partial charge in [-0.15, -0.1) is 12.4 Å². The summed E-state index contributed by atoms with van der Waals surface area (Å²) < 4.78 is 5.43. The number of ether oxygens (including phenoxy) is 1. The van der Waals surface area contributed by atoms with Gasteiger partial charge < -0.3 is 10.5 Å². The van der Waals surface area contributed by atoms with Crippen molar-refractivity contribution < 1.29 is 4.74 Å². The fourth-order valence-electron chi connectivity index (χ4n) is 1.98. The molecular formula is C15H25Cl2NO. The lowest BCUT2D eigenvalue weighted by atomic mass is 9.84. The minimum absolute atomic E-state index is 0. The van der Waals surface area contributed by atoms with Gasteiger partial charge in [-0.2, -0.15) is 0 Å². The zero-order chi connectivity index (χ0) is 13.9. The monoisotopic (exact) mass is 305 g/mol. The van der Waals surface area contributed by atoms with Crippen molar-refractivity contribution in [3.8, 4) is 5.75 Å². The summed E-state index contributed by atoms with van der Waals surface area (Å²) in [7, 11) is 1.66. The summed E-state index contributed by atoms with van der Waals surface area (Å²) in [5.41, 5.74) is 8.33. The van der Waals surface area contributed by atoms with Gasteiger partial charge in [0.2, 0.25) is 0 Å². The van der Waals surface area contributed by atoms with Crippen molar-refractivity contribution in [1.82, 2.24) is 0 Å². The summed E-state index contributed by atoms with van der Waals surface area (Å²) in [6, 6.07) is 4.31. The van der Waals surface area contributed by atoms with E-state index in [0.717, 1.165) is 24.2 Å². The molecule has 2 nitrogen and oxygen atoms in total. The van der Waals surface area contributed by atoms with E-state index in [9.17, 15) is 0 Å². The third-order valence-electron chi connectivity index (χ3n) is 3.14. The van der Waals surface area contributed by atoms with Crippen LogP contribution in [0.4, 0.5) is 0 Å². The molecule has 1 unspecified atom stereocenters. The lowest BCUT2D eigenvalue weighted by Crippen LogP contribution is -2.22. The second-order valence-electron chi connectivity index (χ2n) is 5.78. The molecule has 0 aliphatic heterocycles. The molecule has 0 heterocycles. The lowest BCUT2D eigenvalue weighted by Gasteiger charge is -2.24. The second-order valence-corrected chi connectivity index (χ2v) is 6.19. The van der Waals surface area contributed by atoms with Gasteiger partial charge in [0.15, 0.2) is 0 Å². The van der Waals surface area contributed by atoms with E-state index in [4.69, 9.17) is 22.1 Å². The van der Waals surface area contributed by atoms with Crippen LogP contribution in [0, 0.1) is 0 Å². The van der Waals surface area contributed by atoms with Crippen LogP contribution in [0.2, 0.25) is 5.02 Å². The lowest BCUT2D eigenvalue weighted by molar-refractivity contribution is 0.397. The van der Waals surface area contributed by atoms with Gasteiger partial charge in [0.25, 0.3) is 0 Å². The number of methoxy groups -OCH3 is 1. The van der Waals surface area contributed by atoms with E-state index in [2.05, 4.69) is 33.8 Å². The van der Waals surface area contributed by atoms with Gasteiger partial charge in [-0.1, -0.05) is 45.4 Å². The van der Waals surface area contributed by atoms with Gasteiger partial charge in [0.1, 0.15) is 5.75 Å². The predicted octanol–water partition coefficient (Wildman–Crippen LogP) is 4.35. The summed E-state index contributed by atoms with van der Waals surface area (Å²) >= 11 is 6.30. The number of rotatable bonds is 4. The van der Waals surface area contributed by atoms with Crippen LogP contribution in [0.25, 0.3) is 0 Å². The van der Waals surface area contributed by atoms with Gasteiger partial charge in [-0.3, -0.25) is 0 Å². The first kappa shape index (κ1) is 18.6. The van der Waals surface area contributed by atoms with Crippen LogP contribution in [0.5, 0.6) is 5.75 Å². The number of halogens is 2. The molecule has 4 heteroatoms. The van der Waals surface area contributed by atoms with E-state index in [1.165, 1.54) is 5.56 Å². The van der Waals surface area contributed by atoms with Crippen LogP contribution in [-0.2, 0) is 11.8 Å².